The first kappa shape index (κ1) is 16.2. The first-order chi connectivity index (χ1) is 12.1. The van der Waals surface area contributed by atoms with E-state index in [0.717, 1.165) is 36.4 Å². The highest BCUT2D eigenvalue weighted by Crippen LogP contribution is 2.29. The summed E-state index contributed by atoms with van der Waals surface area (Å²) in [6.07, 6.45) is 2.43. The third-order valence-electron chi connectivity index (χ3n) is 4.72. The SMILES string of the molecule is CC1CN(Cc2cc(-c3ccccc3)c3cnn(C)c3n2)CC(C)O1. The molecule has 0 bridgehead atoms. The molecule has 1 aliphatic rings. The van der Waals surface area contributed by atoms with Gasteiger partial charge in [0.1, 0.15) is 0 Å². The van der Waals surface area contributed by atoms with Gasteiger partial charge in [-0.1, -0.05) is 30.3 Å². The van der Waals surface area contributed by atoms with Crippen molar-refractivity contribution in [2.45, 2.75) is 32.6 Å². The monoisotopic (exact) mass is 336 g/mol. The summed E-state index contributed by atoms with van der Waals surface area (Å²) in [5.74, 6) is 0. The molecule has 1 fully saturated rings. The van der Waals surface area contributed by atoms with Crippen molar-refractivity contribution >= 4 is 11.0 Å². The van der Waals surface area contributed by atoms with E-state index < -0.39 is 0 Å². The molecule has 0 radical (unpaired) electrons. The maximum absolute atomic E-state index is 5.85. The second kappa shape index (κ2) is 6.58. The van der Waals surface area contributed by atoms with E-state index in [1.165, 1.54) is 11.1 Å². The molecule has 3 heterocycles. The Morgan fingerprint density at radius 2 is 1.84 bits per heavy atom. The van der Waals surface area contributed by atoms with Crippen LogP contribution in [0.1, 0.15) is 19.5 Å². The van der Waals surface area contributed by atoms with Gasteiger partial charge in [-0.15, -0.1) is 0 Å². The van der Waals surface area contributed by atoms with Crippen LogP contribution in [0, 0.1) is 0 Å². The molecule has 0 N–H and O–H groups in total. The van der Waals surface area contributed by atoms with E-state index in [1.54, 1.807) is 0 Å². The minimum atomic E-state index is 0.262. The van der Waals surface area contributed by atoms with Gasteiger partial charge in [0.25, 0.3) is 0 Å². The number of hydrogen-bond donors (Lipinski definition) is 0. The molecule has 0 spiro atoms. The fourth-order valence-electron chi connectivity index (χ4n) is 3.75. The molecule has 2 unspecified atom stereocenters. The summed E-state index contributed by atoms with van der Waals surface area (Å²) >= 11 is 0. The first-order valence-corrected chi connectivity index (χ1v) is 8.85. The van der Waals surface area contributed by atoms with Crippen LogP contribution in [0.15, 0.2) is 42.6 Å². The lowest BCUT2D eigenvalue weighted by Gasteiger charge is -2.35. The van der Waals surface area contributed by atoms with Crippen molar-refractivity contribution in [1.82, 2.24) is 19.7 Å². The second-order valence-corrected chi connectivity index (χ2v) is 6.98. The average Bonchev–Trinajstić information content (AvgIpc) is 2.95. The highest BCUT2D eigenvalue weighted by molar-refractivity contribution is 5.92. The van der Waals surface area contributed by atoms with Gasteiger partial charge in [0.05, 0.1) is 24.1 Å². The van der Waals surface area contributed by atoms with Crippen molar-refractivity contribution in [3.05, 3.63) is 48.3 Å². The van der Waals surface area contributed by atoms with Crippen LogP contribution in [0.3, 0.4) is 0 Å². The Bertz CT molecular complexity index is 864. The number of rotatable bonds is 3. The van der Waals surface area contributed by atoms with Crippen LogP contribution in [0.5, 0.6) is 0 Å². The third kappa shape index (κ3) is 3.30. The molecule has 5 heteroatoms. The zero-order valence-corrected chi connectivity index (χ0v) is 15.0. The molecule has 0 aliphatic carbocycles. The number of aromatic nitrogens is 3. The van der Waals surface area contributed by atoms with Crippen LogP contribution >= 0.6 is 0 Å². The van der Waals surface area contributed by atoms with E-state index >= 15 is 0 Å². The Morgan fingerprint density at radius 3 is 2.56 bits per heavy atom. The van der Waals surface area contributed by atoms with Gasteiger partial charge >= 0.3 is 0 Å². The van der Waals surface area contributed by atoms with E-state index in [0.29, 0.717) is 0 Å². The number of nitrogens with zero attached hydrogens (tertiary/aromatic N) is 4. The number of morpholine rings is 1. The molecule has 5 nitrogen and oxygen atoms in total. The van der Waals surface area contributed by atoms with Crippen LogP contribution in [-0.4, -0.2) is 45.0 Å². The van der Waals surface area contributed by atoms with Gasteiger partial charge in [-0.3, -0.25) is 9.58 Å². The van der Waals surface area contributed by atoms with Crippen LogP contribution in [-0.2, 0) is 18.3 Å². The van der Waals surface area contributed by atoms with Crippen molar-refractivity contribution in [2.75, 3.05) is 13.1 Å². The summed E-state index contributed by atoms with van der Waals surface area (Å²) in [4.78, 5) is 7.31. The van der Waals surface area contributed by atoms with Crippen LogP contribution in [0.2, 0.25) is 0 Å². The Balaban J connectivity index is 1.73. The number of pyridine rings is 1. The van der Waals surface area contributed by atoms with Gasteiger partial charge in [-0.25, -0.2) is 4.98 Å². The molecule has 1 aromatic carbocycles. The predicted molar refractivity (Wildman–Crippen MR) is 99.2 cm³/mol. The van der Waals surface area contributed by atoms with Crippen molar-refractivity contribution in [2.24, 2.45) is 7.05 Å². The van der Waals surface area contributed by atoms with Crippen LogP contribution < -0.4 is 0 Å². The number of ether oxygens (including phenoxy) is 1. The summed E-state index contributed by atoms with van der Waals surface area (Å²) in [6.45, 7) is 6.98. The lowest BCUT2D eigenvalue weighted by molar-refractivity contribution is -0.0707. The van der Waals surface area contributed by atoms with Gasteiger partial charge in [0.15, 0.2) is 5.65 Å². The topological polar surface area (TPSA) is 43.2 Å². The highest BCUT2D eigenvalue weighted by atomic mass is 16.5. The van der Waals surface area contributed by atoms with Gasteiger partial charge < -0.3 is 4.74 Å². The van der Waals surface area contributed by atoms with E-state index in [9.17, 15) is 0 Å². The molecular formula is C20H24N4O. The zero-order valence-electron chi connectivity index (χ0n) is 15.0. The molecule has 4 rings (SSSR count). The zero-order chi connectivity index (χ0) is 17.4. The Labute approximate surface area is 148 Å². The number of hydrogen-bond acceptors (Lipinski definition) is 4. The Kier molecular flexibility index (Phi) is 4.27. The molecule has 1 aliphatic heterocycles. The molecule has 2 atom stereocenters. The van der Waals surface area contributed by atoms with E-state index in [1.807, 2.05) is 24.0 Å². The average molecular weight is 336 g/mol. The summed E-state index contributed by atoms with van der Waals surface area (Å²) < 4.78 is 7.70. The van der Waals surface area contributed by atoms with E-state index in [4.69, 9.17) is 9.72 Å². The van der Waals surface area contributed by atoms with Crippen molar-refractivity contribution in [3.8, 4) is 11.1 Å². The molecule has 1 saturated heterocycles. The molecule has 0 amide bonds. The van der Waals surface area contributed by atoms with Gasteiger partial charge in [0, 0.05) is 32.1 Å². The van der Waals surface area contributed by atoms with Crippen LogP contribution in [0.25, 0.3) is 22.2 Å². The summed E-state index contributed by atoms with van der Waals surface area (Å²) in [5.41, 5.74) is 4.41. The smallest absolute Gasteiger partial charge is 0.158 e. The molecular weight excluding hydrogens is 312 g/mol. The number of fused-ring (bicyclic) bond motifs is 1. The summed E-state index contributed by atoms with van der Waals surface area (Å²) in [7, 11) is 1.95. The summed E-state index contributed by atoms with van der Waals surface area (Å²) in [5, 5.41) is 5.51. The van der Waals surface area contributed by atoms with Gasteiger partial charge in [0.2, 0.25) is 0 Å². The second-order valence-electron chi connectivity index (χ2n) is 6.98. The predicted octanol–water partition coefficient (Wildman–Crippen LogP) is 3.24. The van der Waals surface area contributed by atoms with E-state index in [-0.39, 0.29) is 12.2 Å². The largest absolute Gasteiger partial charge is 0.373 e. The maximum atomic E-state index is 5.85. The molecule has 130 valence electrons. The molecule has 3 aromatic rings. The minimum Gasteiger partial charge on any atom is -0.373 e. The first-order valence-electron chi connectivity index (χ1n) is 8.85. The summed E-state index contributed by atoms with van der Waals surface area (Å²) in [6, 6.07) is 12.7. The standard InChI is InChI=1S/C20H24N4O/c1-14-11-24(12-15(2)25-14)13-17-9-18(16-7-5-4-6-8-16)19-10-21-23(3)20(19)22-17/h4-10,14-15H,11-13H2,1-3H3. The molecule has 0 saturated carbocycles. The fourth-order valence-corrected chi connectivity index (χ4v) is 3.75. The van der Waals surface area contributed by atoms with Crippen molar-refractivity contribution in [1.29, 1.82) is 0 Å². The van der Waals surface area contributed by atoms with Gasteiger partial charge in [-0.2, -0.15) is 5.10 Å². The molecule has 25 heavy (non-hydrogen) atoms. The fraction of sp³-hybridized carbons (Fsp3) is 0.400. The van der Waals surface area contributed by atoms with Crippen molar-refractivity contribution in [3.63, 3.8) is 0 Å². The van der Waals surface area contributed by atoms with Crippen LogP contribution in [0.4, 0.5) is 0 Å². The molecule has 2 aromatic heterocycles. The minimum absolute atomic E-state index is 0.262. The van der Waals surface area contributed by atoms with E-state index in [2.05, 4.69) is 54.2 Å². The Hall–Kier alpha value is -2.24. The van der Waals surface area contributed by atoms with Crippen molar-refractivity contribution < 1.29 is 4.74 Å². The third-order valence-corrected chi connectivity index (χ3v) is 4.72. The van der Waals surface area contributed by atoms with Gasteiger partial charge in [-0.05, 0) is 31.0 Å². The Morgan fingerprint density at radius 1 is 1.12 bits per heavy atom. The number of aryl methyl sites for hydroxylation is 1. The quantitative estimate of drug-likeness (QED) is 0.736. The lowest BCUT2D eigenvalue weighted by Crippen LogP contribution is -2.44. The maximum Gasteiger partial charge on any atom is 0.158 e. The normalized spacial score (nSPS) is 21.7. The highest BCUT2D eigenvalue weighted by Gasteiger charge is 2.23. The number of benzene rings is 1. The lowest BCUT2D eigenvalue weighted by atomic mass is 10.0.